The molecule has 0 unspecified atom stereocenters. The van der Waals surface area contributed by atoms with Crippen molar-refractivity contribution >= 4 is 22.4 Å². The topological polar surface area (TPSA) is 75.2 Å². The number of carbonyl (C=O) groups is 1. The Morgan fingerprint density at radius 3 is 2.50 bits per heavy atom. The number of hydrogen-bond donors (Lipinski definition) is 2. The predicted octanol–water partition coefficient (Wildman–Crippen LogP) is 4.55. The van der Waals surface area contributed by atoms with Crippen molar-refractivity contribution in [1.82, 2.24) is 15.2 Å². The van der Waals surface area contributed by atoms with Crippen molar-refractivity contribution in [2.45, 2.75) is 12.5 Å². The Kier molecular flexibility index (Phi) is 7.13. The van der Waals surface area contributed by atoms with Crippen LogP contribution in [-0.4, -0.2) is 55.4 Å². The van der Waals surface area contributed by atoms with E-state index < -0.39 is 6.04 Å². The normalized spacial score (nSPS) is 15.1. The van der Waals surface area contributed by atoms with E-state index in [0.29, 0.717) is 17.7 Å². The van der Waals surface area contributed by atoms with Crippen molar-refractivity contribution in [1.29, 1.82) is 5.26 Å². The van der Waals surface area contributed by atoms with Gasteiger partial charge in [0.2, 0.25) is 0 Å². The number of nitrogens with zero attached hydrogens (tertiary/aromatic N) is 3. The van der Waals surface area contributed by atoms with Gasteiger partial charge in [-0.05, 0) is 48.9 Å². The van der Waals surface area contributed by atoms with Crippen molar-refractivity contribution in [3.05, 3.63) is 101 Å². The van der Waals surface area contributed by atoms with Crippen LogP contribution < -0.4 is 10.2 Å². The van der Waals surface area contributed by atoms with Crippen molar-refractivity contribution in [3.8, 4) is 6.07 Å². The zero-order chi connectivity index (χ0) is 24.9. The van der Waals surface area contributed by atoms with Gasteiger partial charge in [0, 0.05) is 61.1 Å². The molecular formula is C30H31N5O. The third kappa shape index (κ3) is 5.18. The molecule has 0 spiro atoms. The second kappa shape index (κ2) is 10.8. The first-order valence-corrected chi connectivity index (χ1v) is 12.5. The molecule has 1 aliphatic rings. The highest BCUT2D eigenvalue weighted by Gasteiger charge is 2.24. The number of fused-ring (bicyclic) bond motifs is 1. The minimum Gasteiger partial charge on any atom is -0.369 e. The van der Waals surface area contributed by atoms with E-state index in [1.807, 2.05) is 60.8 Å². The highest BCUT2D eigenvalue weighted by atomic mass is 16.1. The lowest BCUT2D eigenvalue weighted by atomic mass is 9.96. The molecule has 6 nitrogen and oxygen atoms in total. The summed E-state index contributed by atoms with van der Waals surface area (Å²) < 4.78 is 0. The van der Waals surface area contributed by atoms with E-state index in [9.17, 15) is 4.79 Å². The fourth-order valence-electron chi connectivity index (χ4n) is 4.85. The Hall–Kier alpha value is -3.92. The number of hydrogen-bond acceptors (Lipinski definition) is 5. The van der Waals surface area contributed by atoms with E-state index >= 15 is 0 Å². The van der Waals surface area contributed by atoms with Crippen LogP contribution in [0.4, 0.5) is 5.69 Å². The van der Waals surface area contributed by atoms with Crippen LogP contribution in [-0.2, 0) is 6.42 Å². The number of nitriles is 1. The summed E-state index contributed by atoms with van der Waals surface area (Å²) in [6, 6.07) is 25.6. The number of rotatable bonds is 8. The van der Waals surface area contributed by atoms with E-state index in [2.05, 4.69) is 51.4 Å². The predicted molar refractivity (Wildman–Crippen MR) is 144 cm³/mol. The van der Waals surface area contributed by atoms with Gasteiger partial charge in [-0.1, -0.05) is 48.5 Å². The Balaban J connectivity index is 1.35. The summed E-state index contributed by atoms with van der Waals surface area (Å²) in [5.74, 6) is 0.0552. The minimum absolute atomic E-state index is 0.0552. The molecule has 1 aromatic heterocycles. The largest absolute Gasteiger partial charge is 0.369 e. The lowest BCUT2D eigenvalue weighted by molar-refractivity contribution is 0.0945. The van der Waals surface area contributed by atoms with E-state index in [1.54, 1.807) is 0 Å². The Morgan fingerprint density at radius 1 is 1.03 bits per heavy atom. The van der Waals surface area contributed by atoms with Crippen molar-refractivity contribution in [2.75, 3.05) is 44.7 Å². The molecule has 3 aromatic carbocycles. The summed E-state index contributed by atoms with van der Waals surface area (Å²) in [6.45, 7) is 4.77. The third-order valence-electron chi connectivity index (χ3n) is 7.04. The van der Waals surface area contributed by atoms with Crippen LogP contribution in [0.3, 0.4) is 0 Å². The molecule has 2 heterocycles. The third-order valence-corrected chi connectivity index (χ3v) is 7.04. The summed E-state index contributed by atoms with van der Waals surface area (Å²) >= 11 is 0. The fourth-order valence-corrected chi connectivity index (χ4v) is 4.85. The molecule has 0 radical (unpaired) electrons. The molecule has 1 saturated heterocycles. The second-order valence-electron chi connectivity index (χ2n) is 9.44. The first-order chi connectivity index (χ1) is 17.6. The highest BCUT2D eigenvalue weighted by Crippen LogP contribution is 2.28. The van der Waals surface area contributed by atoms with Gasteiger partial charge in [0.1, 0.15) is 0 Å². The number of benzene rings is 3. The number of ketones is 1. The summed E-state index contributed by atoms with van der Waals surface area (Å²) in [5.41, 5.74) is 5.61. The Bertz CT molecular complexity index is 1360. The fraction of sp³-hybridized carbons (Fsp3) is 0.267. The average molecular weight is 478 g/mol. The van der Waals surface area contributed by atoms with Crippen LogP contribution in [0.5, 0.6) is 0 Å². The molecule has 4 aromatic rings. The molecule has 182 valence electrons. The maximum Gasteiger partial charge on any atom is 0.186 e. The van der Waals surface area contributed by atoms with Gasteiger partial charge in [-0.2, -0.15) is 5.26 Å². The molecule has 5 rings (SSSR count). The van der Waals surface area contributed by atoms with E-state index in [4.69, 9.17) is 5.26 Å². The van der Waals surface area contributed by atoms with Crippen LogP contribution in [0, 0.1) is 11.3 Å². The minimum atomic E-state index is -0.444. The number of Topliss-reactive ketones (excluding diaryl/α,β-unsaturated/α-hetero) is 1. The summed E-state index contributed by atoms with van der Waals surface area (Å²) in [4.78, 5) is 21.9. The number of nitrogens with one attached hydrogen (secondary N) is 2. The quantitative estimate of drug-likeness (QED) is 0.364. The molecule has 2 N–H and O–H groups in total. The smallest absolute Gasteiger partial charge is 0.186 e. The molecule has 0 saturated carbocycles. The molecule has 1 aliphatic heterocycles. The zero-order valence-corrected chi connectivity index (χ0v) is 20.6. The maximum atomic E-state index is 13.8. The van der Waals surface area contributed by atoms with Crippen molar-refractivity contribution in [3.63, 3.8) is 0 Å². The molecule has 0 aliphatic carbocycles. The van der Waals surface area contributed by atoms with Crippen molar-refractivity contribution < 1.29 is 4.79 Å². The Labute approximate surface area is 212 Å². The van der Waals surface area contributed by atoms with Gasteiger partial charge in [-0.15, -0.1) is 0 Å². The summed E-state index contributed by atoms with van der Waals surface area (Å²) in [7, 11) is 2.16. The SMILES string of the molecule is CN1CCN(c2ccc3c(C(=O)[C@H](NCCc4ccc(C#N)cc4)c4ccccc4)c[nH]c3c2)CC1. The van der Waals surface area contributed by atoms with Gasteiger partial charge in [0.05, 0.1) is 17.7 Å². The van der Waals surface area contributed by atoms with Gasteiger partial charge >= 0.3 is 0 Å². The number of H-pyrrole nitrogens is 1. The average Bonchev–Trinajstić information content (AvgIpc) is 3.35. The molecule has 1 fully saturated rings. The van der Waals surface area contributed by atoms with Gasteiger partial charge in [0.15, 0.2) is 5.78 Å². The molecule has 0 bridgehead atoms. The number of likely N-dealkylation sites (N-methyl/N-ethyl adjacent to an activating group) is 1. The van der Waals surface area contributed by atoms with Gasteiger partial charge in [0.25, 0.3) is 0 Å². The molecule has 0 amide bonds. The van der Waals surface area contributed by atoms with E-state index in [-0.39, 0.29) is 5.78 Å². The van der Waals surface area contributed by atoms with Crippen LogP contribution in [0.2, 0.25) is 0 Å². The van der Waals surface area contributed by atoms with Gasteiger partial charge in [-0.3, -0.25) is 4.79 Å². The zero-order valence-electron chi connectivity index (χ0n) is 20.6. The van der Waals surface area contributed by atoms with Crippen LogP contribution in [0.1, 0.15) is 33.1 Å². The molecule has 6 heteroatoms. The summed E-state index contributed by atoms with van der Waals surface area (Å²) in [5, 5.41) is 13.5. The second-order valence-corrected chi connectivity index (χ2v) is 9.44. The molecule has 1 atom stereocenters. The number of anilines is 1. The molecule has 36 heavy (non-hydrogen) atoms. The van der Waals surface area contributed by atoms with Gasteiger partial charge in [-0.25, -0.2) is 0 Å². The van der Waals surface area contributed by atoms with E-state index in [1.165, 1.54) is 5.69 Å². The number of aromatic nitrogens is 1. The lowest BCUT2D eigenvalue weighted by Gasteiger charge is -2.34. The summed E-state index contributed by atoms with van der Waals surface area (Å²) in [6.07, 6.45) is 2.61. The first kappa shape index (κ1) is 23.8. The van der Waals surface area contributed by atoms with Crippen LogP contribution in [0.25, 0.3) is 10.9 Å². The number of carbonyl (C=O) groups excluding carboxylic acids is 1. The monoisotopic (exact) mass is 477 g/mol. The molecular weight excluding hydrogens is 446 g/mol. The first-order valence-electron chi connectivity index (χ1n) is 12.5. The Morgan fingerprint density at radius 2 is 1.78 bits per heavy atom. The van der Waals surface area contributed by atoms with E-state index in [0.717, 1.165) is 54.6 Å². The number of aromatic amines is 1. The van der Waals surface area contributed by atoms with Crippen molar-refractivity contribution in [2.24, 2.45) is 0 Å². The number of piperazine rings is 1. The highest BCUT2D eigenvalue weighted by molar-refractivity contribution is 6.11. The standard InChI is InChI=1S/C30H31N5O/c1-34-15-17-35(18-16-34)25-11-12-26-27(21-33-28(26)19-25)30(36)29(24-5-3-2-4-6-24)32-14-13-22-7-9-23(20-31)10-8-22/h2-12,19,21,29,32-33H,13-18H2,1H3/t29-/m1/s1. The van der Waals surface area contributed by atoms with Gasteiger partial charge < -0.3 is 20.1 Å². The van der Waals surface area contributed by atoms with Crippen LogP contribution in [0.15, 0.2) is 79.0 Å². The lowest BCUT2D eigenvalue weighted by Crippen LogP contribution is -2.44. The van der Waals surface area contributed by atoms with Crippen LogP contribution >= 0.6 is 0 Å². The maximum absolute atomic E-state index is 13.8.